The Hall–Kier alpha value is -2.97. The second kappa shape index (κ2) is 9.26. The number of nitrogens with one attached hydrogen (secondary N) is 1. The molecule has 4 aromatic rings. The third kappa shape index (κ3) is 4.33. The lowest BCUT2D eigenvalue weighted by molar-refractivity contribution is 0.0688. The van der Waals surface area contributed by atoms with Crippen LogP contribution in [0.4, 0.5) is 10.2 Å². The first-order valence-corrected chi connectivity index (χ1v) is 12.1. The summed E-state index contributed by atoms with van der Waals surface area (Å²) in [6.07, 6.45) is 4.00. The van der Waals surface area contributed by atoms with Crippen molar-refractivity contribution in [3.8, 4) is 11.3 Å². The summed E-state index contributed by atoms with van der Waals surface area (Å²) in [6, 6.07) is 11.0. The van der Waals surface area contributed by atoms with Gasteiger partial charge in [0.05, 0.1) is 5.69 Å². The molecule has 0 atom stereocenters. The van der Waals surface area contributed by atoms with Crippen molar-refractivity contribution in [1.29, 1.82) is 0 Å². The van der Waals surface area contributed by atoms with Crippen LogP contribution in [0.5, 0.6) is 0 Å². The van der Waals surface area contributed by atoms with E-state index in [0.29, 0.717) is 28.5 Å². The molecule has 0 aliphatic rings. The van der Waals surface area contributed by atoms with E-state index in [0.717, 1.165) is 6.42 Å². The first kappa shape index (κ1) is 22.2. The number of benzene rings is 2. The van der Waals surface area contributed by atoms with Crippen LogP contribution >= 0.6 is 23.1 Å². The molecule has 0 saturated carbocycles. The molecule has 32 heavy (non-hydrogen) atoms. The van der Waals surface area contributed by atoms with Gasteiger partial charge in [-0.05, 0) is 55.2 Å². The van der Waals surface area contributed by atoms with E-state index in [1.165, 1.54) is 50.2 Å². The highest BCUT2D eigenvalue weighted by molar-refractivity contribution is 7.98. The average Bonchev–Trinajstić information content (AvgIpc) is 3.09. The maximum atomic E-state index is 14.4. The number of carbonyl (C=O) groups is 1. The summed E-state index contributed by atoms with van der Waals surface area (Å²) in [5, 5.41) is 13.9. The summed E-state index contributed by atoms with van der Waals surface area (Å²) < 4.78 is 15.8. The number of anilines is 1. The molecule has 164 valence electrons. The minimum atomic E-state index is -1.28. The van der Waals surface area contributed by atoms with Gasteiger partial charge in [0.25, 0.3) is 0 Å². The minimum Gasteiger partial charge on any atom is -0.478 e. The quantitative estimate of drug-likeness (QED) is 0.316. The fraction of sp³-hybridized carbons (Fsp3) is 0.208. The van der Waals surface area contributed by atoms with Gasteiger partial charge in [-0.25, -0.2) is 19.2 Å². The first-order chi connectivity index (χ1) is 15.4. The van der Waals surface area contributed by atoms with Gasteiger partial charge >= 0.3 is 5.97 Å². The molecule has 0 bridgehead atoms. The van der Waals surface area contributed by atoms with Crippen LogP contribution < -0.4 is 5.32 Å². The molecule has 2 aromatic carbocycles. The third-order valence-electron chi connectivity index (χ3n) is 5.35. The summed E-state index contributed by atoms with van der Waals surface area (Å²) >= 11 is 3.01. The standard InChI is InChI=1S/C24H22FN3O2S2/c1-13-5-4-6-17-16(14(2)32-23(13)17)7-8-26-21-11-19(27-12-28-21)15-9-18(25)22(24(29)30)20(10-15)31-3/h4-6,9-12H,7-8H2,1-3H3,(H,29,30)(H,26,27,28). The van der Waals surface area contributed by atoms with Gasteiger partial charge in [-0.15, -0.1) is 23.1 Å². The number of carboxylic acids is 1. The molecule has 0 radical (unpaired) electrons. The number of carboxylic acid groups (broad SMARTS) is 1. The van der Waals surface area contributed by atoms with Crippen molar-refractivity contribution in [3.05, 3.63) is 70.1 Å². The highest BCUT2D eigenvalue weighted by Gasteiger charge is 2.18. The molecule has 0 amide bonds. The smallest absolute Gasteiger partial charge is 0.339 e. The Morgan fingerprint density at radius 3 is 2.78 bits per heavy atom. The van der Waals surface area contributed by atoms with Crippen LogP contribution in [0, 0.1) is 19.7 Å². The van der Waals surface area contributed by atoms with Gasteiger partial charge in [0.15, 0.2) is 0 Å². The third-order valence-corrected chi connectivity index (χ3v) is 7.41. The van der Waals surface area contributed by atoms with Gasteiger partial charge in [0.1, 0.15) is 23.5 Å². The second-order valence-electron chi connectivity index (χ2n) is 7.39. The van der Waals surface area contributed by atoms with Crippen molar-refractivity contribution in [2.24, 2.45) is 0 Å². The Morgan fingerprint density at radius 2 is 2.03 bits per heavy atom. The normalized spacial score (nSPS) is 11.1. The van der Waals surface area contributed by atoms with E-state index >= 15 is 0 Å². The molecule has 2 heterocycles. The summed E-state index contributed by atoms with van der Waals surface area (Å²) in [7, 11) is 0. The molecule has 2 N–H and O–H groups in total. The molecule has 5 nitrogen and oxygen atoms in total. The van der Waals surface area contributed by atoms with Crippen LogP contribution in [0.2, 0.25) is 0 Å². The molecule has 0 aliphatic heterocycles. The van der Waals surface area contributed by atoms with Gasteiger partial charge < -0.3 is 10.4 Å². The fourth-order valence-corrected chi connectivity index (χ4v) is 5.57. The van der Waals surface area contributed by atoms with Gasteiger partial charge in [0.2, 0.25) is 0 Å². The SMILES string of the molecule is CSc1cc(-c2cc(NCCc3c(C)sc4c(C)cccc34)ncn2)cc(F)c1C(=O)O. The number of aryl methyl sites for hydroxylation is 2. The Balaban J connectivity index is 1.54. The van der Waals surface area contributed by atoms with E-state index in [4.69, 9.17) is 0 Å². The van der Waals surface area contributed by atoms with Crippen LogP contribution in [-0.4, -0.2) is 33.8 Å². The van der Waals surface area contributed by atoms with E-state index in [2.05, 4.69) is 47.3 Å². The lowest BCUT2D eigenvalue weighted by Crippen LogP contribution is -2.07. The Morgan fingerprint density at radius 1 is 1.22 bits per heavy atom. The van der Waals surface area contributed by atoms with E-state index in [1.807, 2.05) is 11.3 Å². The number of hydrogen-bond donors (Lipinski definition) is 2. The van der Waals surface area contributed by atoms with E-state index in [1.54, 1.807) is 18.4 Å². The van der Waals surface area contributed by atoms with E-state index < -0.39 is 11.8 Å². The first-order valence-electron chi connectivity index (χ1n) is 10.0. The molecule has 0 unspecified atom stereocenters. The highest BCUT2D eigenvalue weighted by atomic mass is 32.2. The highest BCUT2D eigenvalue weighted by Crippen LogP contribution is 2.33. The molecule has 4 rings (SSSR count). The summed E-state index contributed by atoms with van der Waals surface area (Å²) in [4.78, 5) is 21.6. The maximum absolute atomic E-state index is 14.4. The number of nitrogens with zero attached hydrogens (tertiary/aromatic N) is 2. The van der Waals surface area contributed by atoms with E-state index in [-0.39, 0.29) is 5.56 Å². The largest absolute Gasteiger partial charge is 0.478 e. The van der Waals surface area contributed by atoms with Crippen molar-refractivity contribution in [2.75, 3.05) is 18.1 Å². The number of thiophene rings is 1. The number of aromatic carboxylic acids is 1. The molecule has 0 aliphatic carbocycles. The minimum absolute atomic E-state index is 0.317. The van der Waals surface area contributed by atoms with Crippen molar-refractivity contribution in [2.45, 2.75) is 25.2 Å². The Bertz CT molecular complexity index is 1320. The number of fused-ring (bicyclic) bond motifs is 1. The molecule has 0 fully saturated rings. The average molecular weight is 468 g/mol. The maximum Gasteiger partial charge on any atom is 0.339 e. The molecular formula is C24H22FN3O2S2. The fourth-order valence-electron chi connectivity index (χ4n) is 3.77. The monoisotopic (exact) mass is 467 g/mol. The lowest BCUT2D eigenvalue weighted by Gasteiger charge is -2.10. The van der Waals surface area contributed by atoms with Gasteiger partial charge in [-0.3, -0.25) is 0 Å². The zero-order valence-corrected chi connectivity index (χ0v) is 19.5. The van der Waals surface area contributed by atoms with Crippen LogP contribution in [0.1, 0.15) is 26.4 Å². The van der Waals surface area contributed by atoms with Crippen molar-refractivity contribution < 1.29 is 14.3 Å². The van der Waals surface area contributed by atoms with Crippen molar-refractivity contribution >= 4 is 45.0 Å². The van der Waals surface area contributed by atoms with Gasteiger partial charge in [-0.1, -0.05) is 18.2 Å². The van der Waals surface area contributed by atoms with Crippen molar-refractivity contribution in [3.63, 3.8) is 0 Å². The van der Waals surface area contributed by atoms with Crippen LogP contribution in [0.25, 0.3) is 21.3 Å². The van der Waals surface area contributed by atoms with Crippen LogP contribution in [0.3, 0.4) is 0 Å². The summed E-state index contributed by atoms with van der Waals surface area (Å²) in [5.41, 5.74) is 3.36. The number of rotatable bonds is 7. The Kier molecular flexibility index (Phi) is 6.43. The zero-order chi connectivity index (χ0) is 22.8. The van der Waals surface area contributed by atoms with Crippen LogP contribution in [0.15, 0.2) is 47.6 Å². The topological polar surface area (TPSA) is 75.1 Å². The number of hydrogen-bond acceptors (Lipinski definition) is 6. The molecule has 8 heteroatoms. The molecular weight excluding hydrogens is 445 g/mol. The Labute approximate surface area is 193 Å². The van der Waals surface area contributed by atoms with Crippen molar-refractivity contribution in [1.82, 2.24) is 9.97 Å². The second-order valence-corrected chi connectivity index (χ2v) is 9.47. The number of aromatic nitrogens is 2. The molecule has 0 spiro atoms. The lowest BCUT2D eigenvalue weighted by atomic mass is 10.1. The molecule has 2 aromatic heterocycles. The molecule has 0 saturated heterocycles. The predicted octanol–water partition coefficient (Wildman–Crippen LogP) is 6.19. The number of halogens is 1. The number of thioether (sulfide) groups is 1. The predicted molar refractivity (Wildman–Crippen MR) is 130 cm³/mol. The van der Waals surface area contributed by atoms with Crippen LogP contribution in [-0.2, 0) is 6.42 Å². The van der Waals surface area contributed by atoms with Gasteiger partial charge in [0, 0.05) is 32.6 Å². The zero-order valence-electron chi connectivity index (χ0n) is 17.9. The van der Waals surface area contributed by atoms with E-state index in [9.17, 15) is 14.3 Å². The summed E-state index contributed by atoms with van der Waals surface area (Å²) in [6.45, 7) is 4.98. The van der Waals surface area contributed by atoms with Gasteiger partial charge in [-0.2, -0.15) is 0 Å². The summed E-state index contributed by atoms with van der Waals surface area (Å²) in [5.74, 6) is -1.42.